The summed E-state index contributed by atoms with van der Waals surface area (Å²) in [5, 5.41) is 3.43. The van der Waals surface area contributed by atoms with Crippen molar-refractivity contribution in [1.82, 2.24) is 5.32 Å². The van der Waals surface area contributed by atoms with E-state index in [9.17, 15) is 0 Å². The Kier molecular flexibility index (Phi) is 3.71. The quantitative estimate of drug-likeness (QED) is 0.694. The van der Waals surface area contributed by atoms with Crippen LogP contribution in [0.5, 0.6) is 0 Å². The number of hydrogen-bond acceptors (Lipinski definition) is 1. The first-order valence-electron chi connectivity index (χ1n) is 4.67. The predicted molar refractivity (Wildman–Crippen MR) is 57.7 cm³/mol. The van der Waals surface area contributed by atoms with Crippen molar-refractivity contribution < 1.29 is 0 Å². The first-order chi connectivity index (χ1) is 6.24. The Hall–Kier alpha value is -1.08. The van der Waals surface area contributed by atoms with E-state index in [2.05, 4.69) is 50.0 Å². The standard InChI is InChI=1S/C12H17N/c1-4-10(2)13-11(3)12-8-6-5-7-9-12/h4-11,13H,1H2,2-3H3/t10?,11-/m0/s1. The van der Waals surface area contributed by atoms with Crippen molar-refractivity contribution in [1.29, 1.82) is 0 Å². The summed E-state index contributed by atoms with van der Waals surface area (Å²) in [6, 6.07) is 11.2. The molecule has 0 saturated carbocycles. The SMILES string of the molecule is C=CC(C)N[C@@H](C)c1ccccc1. The lowest BCUT2D eigenvalue weighted by atomic mass is 10.1. The highest BCUT2D eigenvalue weighted by Gasteiger charge is 2.05. The molecule has 0 saturated heterocycles. The molecule has 0 aliphatic heterocycles. The maximum absolute atomic E-state index is 3.74. The average Bonchev–Trinajstić information content (AvgIpc) is 2.19. The molecule has 1 aromatic carbocycles. The van der Waals surface area contributed by atoms with Crippen molar-refractivity contribution in [3.63, 3.8) is 0 Å². The Morgan fingerprint density at radius 2 is 1.85 bits per heavy atom. The molecule has 0 aromatic heterocycles. The van der Waals surface area contributed by atoms with Crippen LogP contribution < -0.4 is 5.32 Å². The van der Waals surface area contributed by atoms with Crippen LogP contribution in [-0.4, -0.2) is 6.04 Å². The molecule has 0 heterocycles. The van der Waals surface area contributed by atoms with Gasteiger partial charge in [0, 0.05) is 12.1 Å². The van der Waals surface area contributed by atoms with Crippen LogP contribution in [-0.2, 0) is 0 Å². The van der Waals surface area contributed by atoms with Crippen molar-refractivity contribution in [2.24, 2.45) is 0 Å². The van der Waals surface area contributed by atoms with Crippen LogP contribution in [0.4, 0.5) is 0 Å². The van der Waals surface area contributed by atoms with E-state index in [0.29, 0.717) is 12.1 Å². The van der Waals surface area contributed by atoms with Crippen LogP contribution in [0.3, 0.4) is 0 Å². The second kappa shape index (κ2) is 4.83. The molecule has 1 rings (SSSR count). The van der Waals surface area contributed by atoms with E-state index >= 15 is 0 Å². The molecule has 13 heavy (non-hydrogen) atoms. The zero-order chi connectivity index (χ0) is 9.68. The summed E-state index contributed by atoms with van der Waals surface area (Å²) in [7, 11) is 0. The molecular weight excluding hydrogens is 158 g/mol. The van der Waals surface area contributed by atoms with E-state index in [4.69, 9.17) is 0 Å². The van der Waals surface area contributed by atoms with Gasteiger partial charge in [-0.05, 0) is 19.4 Å². The molecule has 1 unspecified atom stereocenters. The molecule has 0 amide bonds. The summed E-state index contributed by atoms with van der Waals surface area (Å²) in [6.45, 7) is 8.01. The van der Waals surface area contributed by atoms with Crippen LogP contribution in [0.15, 0.2) is 43.0 Å². The van der Waals surface area contributed by atoms with E-state index in [1.165, 1.54) is 5.56 Å². The number of rotatable bonds is 4. The normalized spacial score (nSPS) is 14.9. The van der Waals surface area contributed by atoms with Gasteiger partial charge in [0.05, 0.1) is 0 Å². The monoisotopic (exact) mass is 175 g/mol. The molecule has 1 heteroatoms. The summed E-state index contributed by atoms with van der Waals surface area (Å²) >= 11 is 0. The first kappa shape index (κ1) is 10.0. The van der Waals surface area contributed by atoms with Crippen LogP contribution in [0.25, 0.3) is 0 Å². The van der Waals surface area contributed by atoms with Crippen LogP contribution in [0.2, 0.25) is 0 Å². The summed E-state index contributed by atoms with van der Waals surface area (Å²) in [4.78, 5) is 0. The molecule has 2 atom stereocenters. The maximum Gasteiger partial charge on any atom is 0.0297 e. The van der Waals surface area contributed by atoms with Gasteiger partial charge in [-0.2, -0.15) is 0 Å². The van der Waals surface area contributed by atoms with Crippen LogP contribution >= 0.6 is 0 Å². The fourth-order valence-corrected chi connectivity index (χ4v) is 1.30. The molecular formula is C12H17N. The van der Waals surface area contributed by atoms with Crippen molar-refractivity contribution >= 4 is 0 Å². The summed E-state index contributed by atoms with van der Waals surface area (Å²) < 4.78 is 0. The Morgan fingerprint density at radius 3 is 2.38 bits per heavy atom. The van der Waals surface area contributed by atoms with E-state index in [1.807, 2.05) is 12.1 Å². The third kappa shape index (κ3) is 3.03. The first-order valence-corrected chi connectivity index (χ1v) is 4.67. The molecule has 1 nitrogen and oxygen atoms in total. The number of hydrogen-bond donors (Lipinski definition) is 1. The fraction of sp³-hybridized carbons (Fsp3) is 0.333. The molecule has 0 radical (unpaired) electrons. The highest BCUT2D eigenvalue weighted by atomic mass is 14.9. The minimum absolute atomic E-state index is 0.357. The zero-order valence-corrected chi connectivity index (χ0v) is 8.33. The molecule has 1 aromatic rings. The van der Waals surface area contributed by atoms with Crippen molar-refractivity contribution in [2.45, 2.75) is 25.9 Å². The van der Waals surface area contributed by atoms with Crippen molar-refractivity contribution in [2.75, 3.05) is 0 Å². The molecule has 0 fully saturated rings. The molecule has 0 bridgehead atoms. The van der Waals surface area contributed by atoms with E-state index in [1.54, 1.807) is 0 Å². The Labute approximate surface area is 80.5 Å². The van der Waals surface area contributed by atoms with Gasteiger partial charge in [0.2, 0.25) is 0 Å². The summed E-state index contributed by atoms with van der Waals surface area (Å²) in [6.07, 6.45) is 1.92. The van der Waals surface area contributed by atoms with E-state index in [-0.39, 0.29) is 0 Å². The van der Waals surface area contributed by atoms with E-state index in [0.717, 1.165) is 0 Å². The lowest BCUT2D eigenvalue weighted by Crippen LogP contribution is -2.26. The lowest BCUT2D eigenvalue weighted by Gasteiger charge is -2.17. The van der Waals surface area contributed by atoms with Gasteiger partial charge in [0.25, 0.3) is 0 Å². The largest absolute Gasteiger partial charge is 0.304 e. The highest BCUT2D eigenvalue weighted by molar-refractivity contribution is 5.18. The van der Waals surface area contributed by atoms with Gasteiger partial charge in [-0.25, -0.2) is 0 Å². The number of benzene rings is 1. The maximum atomic E-state index is 3.74. The third-order valence-corrected chi connectivity index (χ3v) is 2.17. The van der Waals surface area contributed by atoms with Gasteiger partial charge >= 0.3 is 0 Å². The Bertz CT molecular complexity index is 253. The third-order valence-electron chi connectivity index (χ3n) is 2.17. The minimum Gasteiger partial charge on any atom is -0.304 e. The number of nitrogens with one attached hydrogen (secondary N) is 1. The Morgan fingerprint density at radius 1 is 1.23 bits per heavy atom. The molecule has 0 spiro atoms. The molecule has 0 aliphatic carbocycles. The highest BCUT2D eigenvalue weighted by Crippen LogP contribution is 2.11. The van der Waals surface area contributed by atoms with Crippen LogP contribution in [0.1, 0.15) is 25.5 Å². The molecule has 70 valence electrons. The van der Waals surface area contributed by atoms with Crippen molar-refractivity contribution in [3.05, 3.63) is 48.6 Å². The Balaban J connectivity index is 2.58. The average molecular weight is 175 g/mol. The summed E-state index contributed by atoms with van der Waals surface area (Å²) in [5.41, 5.74) is 1.32. The molecule has 1 N–H and O–H groups in total. The van der Waals surface area contributed by atoms with Gasteiger partial charge in [-0.15, -0.1) is 6.58 Å². The van der Waals surface area contributed by atoms with E-state index < -0.39 is 0 Å². The second-order valence-corrected chi connectivity index (χ2v) is 3.32. The zero-order valence-electron chi connectivity index (χ0n) is 8.33. The van der Waals surface area contributed by atoms with Gasteiger partial charge < -0.3 is 5.32 Å². The van der Waals surface area contributed by atoms with Crippen molar-refractivity contribution in [3.8, 4) is 0 Å². The second-order valence-electron chi connectivity index (χ2n) is 3.32. The molecule has 0 aliphatic rings. The van der Waals surface area contributed by atoms with Crippen LogP contribution in [0, 0.1) is 0 Å². The van der Waals surface area contributed by atoms with Gasteiger partial charge in [-0.3, -0.25) is 0 Å². The minimum atomic E-state index is 0.357. The van der Waals surface area contributed by atoms with Gasteiger partial charge in [0.15, 0.2) is 0 Å². The fourth-order valence-electron chi connectivity index (χ4n) is 1.30. The summed E-state index contributed by atoms with van der Waals surface area (Å²) in [5.74, 6) is 0. The van der Waals surface area contributed by atoms with Gasteiger partial charge in [0.1, 0.15) is 0 Å². The predicted octanol–water partition coefficient (Wildman–Crippen LogP) is 2.91. The lowest BCUT2D eigenvalue weighted by molar-refractivity contribution is 0.537. The topological polar surface area (TPSA) is 12.0 Å². The smallest absolute Gasteiger partial charge is 0.0297 e. The van der Waals surface area contributed by atoms with Gasteiger partial charge in [-0.1, -0.05) is 36.4 Å².